The van der Waals surface area contributed by atoms with Gasteiger partial charge in [-0.25, -0.2) is 4.39 Å². The van der Waals surface area contributed by atoms with Gasteiger partial charge in [-0.1, -0.05) is 45.0 Å². The van der Waals surface area contributed by atoms with E-state index in [2.05, 4.69) is 26.1 Å². The Morgan fingerprint density at radius 3 is 2.12 bits per heavy atom. The number of esters is 1. The molecule has 0 aromatic heterocycles. The molecule has 2 amide bonds. The Balaban J connectivity index is 1.66. The summed E-state index contributed by atoms with van der Waals surface area (Å²) >= 11 is 0. The van der Waals surface area contributed by atoms with E-state index in [0.29, 0.717) is 18.8 Å². The highest BCUT2D eigenvalue weighted by atomic mass is 19.4. The average molecular weight is 575 g/mol. The van der Waals surface area contributed by atoms with Gasteiger partial charge in [0.15, 0.2) is 0 Å². The molecule has 0 spiro atoms. The van der Waals surface area contributed by atoms with E-state index < -0.39 is 64.8 Å². The molecule has 1 N–H and O–H groups in total. The van der Waals surface area contributed by atoms with Crippen molar-refractivity contribution in [2.24, 2.45) is 23.2 Å². The van der Waals surface area contributed by atoms with Crippen LogP contribution in [0.15, 0.2) is 48.5 Å². The largest absolute Gasteiger partial charge is 0.468 e. The first-order valence-corrected chi connectivity index (χ1v) is 13.9. The highest BCUT2D eigenvalue weighted by Crippen LogP contribution is 2.53. The number of rotatable bonds is 4. The second-order valence-corrected chi connectivity index (χ2v) is 12.5. The summed E-state index contributed by atoms with van der Waals surface area (Å²) in [6.07, 6.45) is -1.91. The quantitative estimate of drug-likeness (QED) is 0.299. The van der Waals surface area contributed by atoms with Crippen LogP contribution in [0.4, 0.5) is 17.6 Å². The maximum atomic E-state index is 14.7. The summed E-state index contributed by atoms with van der Waals surface area (Å²) in [7, 11) is 1.14. The summed E-state index contributed by atoms with van der Waals surface area (Å²) in [6, 6.07) is 7.83. The van der Waals surface area contributed by atoms with Crippen LogP contribution in [0.1, 0.15) is 63.1 Å². The summed E-state index contributed by atoms with van der Waals surface area (Å²) in [4.78, 5) is 42.7. The first-order valence-electron chi connectivity index (χ1n) is 13.9. The summed E-state index contributed by atoms with van der Waals surface area (Å²) < 4.78 is 61.2. The van der Waals surface area contributed by atoms with Gasteiger partial charge in [0.05, 0.1) is 30.0 Å². The second-order valence-electron chi connectivity index (χ2n) is 12.5. The highest BCUT2D eigenvalue weighted by molar-refractivity contribution is 6.09. The molecule has 2 aromatic rings. The Morgan fingerprint density at radius 2 is 1.56 bits per heavy atom. The summed E-state index contributed by atoms with van der Waals surface area (Å²) in [5.74, 6) is -4.79. The van der Waals surface area contributed by atoms with E-state index >= 15 is 0 Å². The molecule has 0 radical (unpaired) electrons. The van der Waals surface area contributed by atoms with Gasteiger partial charge in [-0.15, -0.1) is 0 Å². The molecule has 0 unspecified atom stereocenters. The van der Waals surface area contributed by atoms with E-state index in [9.17, 15) is 31.9 Å². The molecule has 2 heterocycles. The Kier molecular flexibility index (Phi) is 7.29. The number of fused-ring (bicyclic) bond motifs is 1. The number of hydrogen-bond acceptors (Lipinski definition) is 5. The highest BCUT2D eigenvalue weighted by Gasteiger charge is 2.69. The third-order valence-corrected chi connectivity index (χ3v) is 9.26. The number of alkyl halides is 3. The number of methoxy groups -OCH3 is 1. The molecule has 3 fully saturated rings. The summed E-state index contributed by atoms with van der Waals surface area (Å²) in [5.41, 5.74) is -2.58. The topological polar surface area (TPSA) is 75.7 Å². The third kappa shape index (κ3) is 4.83. The molecule has 2 aromatic carbocycles. The normalized spacial score (nSPS) is 30.4. The molecule has 6 nitrogen and oxygen atoms in total. The molecule has 5 rings (SSSR count). The minimum Gasteiger partial charge on any atom is -0.468 e. The van der Waals surface area contributed by atoms with E-state index in [1.165, 1.54) is 35.2 Å². The van der Waals surface area contributed by atoms with Crippen LogP contribution in [-0.2, 0) is 30.8 Å². The number of benzene rings is 2. The molecule has 1 aliphatic carbocycles. The number of hydrogen-bond donors (Lipinski definition) is 1. The molecule has 220 valence electrons. The van der Waals surface area contributed by atoms with E-state index in [1.54, 1.807) is 0 Å². The fraction of sp³-hybridized carbons (Fsp3) is 0.516. The molecule has 4 atom stereocenters. The van der Waals surface area contributed by atoms with Crippen LogP contribution in [-0.4, -0.2) is 41.9 Å². The third-order valence-electron chi connectivity index (χ3n) is 9.26. The van der Waals surface area contributed by atoms with Gasteiger partial charge in [-0.2, -0.15) is 13.2 Å². The van der Waals surface area contributed by atoms with Gasteiger partial charge in [-0.3, -0.25) is 24.6 Å². The van der Waals surface area contributed by atoms with Crippen LogP contribution < -0.4 is 5.32 Å². The number of likely N-dealkylation sites (tertiary alicyclic amines) is 1. The minimum atomic E-state index is -4.70. The number of carbonyl (C=O) groups is 3. The SMILES string of the molecule is COC(=O)[C@@H]1N[C@](c2cccc(F)c2)(c2cccc(C(F)(F)F)c2)[C@H]2C(=O)N(C3CCC(C(C)(C)C)CC3)C(=O)[C@H]12. The molecule has 3 aliphatic rings. The number of imide groups is 1. The summed E-state index contributed by atoms with van der Waals surface area (Å²) in [5, 5.41) is 3.03. The van der Waals surface area contributed by atoms with Crippen LogP contribution in [0, 0.1) is 29.0 Å². The molecule has 10 heteroatoms. The van der Waals surface area contributed by atoms with Gasteiger partial charge in [0.2, 0.25) is 11.8 Å². The molecule has 41 heavy (non-hydrogen) atoms. The van der Waals surface area contributed by atoms with E-state index in [0.717, 1.165) is 38.2 Å². The number of halogens is 4. The Bertz CT molecular complexity index is 1360. The number of ether oxygens (including phenoxy) is 1. The maximum absolute atomic E-state index is 14.7. The van der Waals surface area contributed by atoms with Gasteiger partial charge < -0.3 is 4.74 Å². The van der Waals surface area contributed by atoms with Gasteiger partial charge in [0.25, 0.3) is 0 Å². The smallest absolute Gasteiger partial charge is 0.416 e. The van der Waals surface area contributed by atoms with Crippen LogP contribution in [0.25, 0.3) is 0 Å². The van der Waals surface area contributed by atoms with Crippen LogP contribution in [0.2, 0.25) is 0 Å². The van der Waals surface area contributed by atoms with E-state index in [1.807, 2.05) is 0 Å². The molecule has 0 bridgehead atoms. The maximum Gasteiger partial charge on any atom is 0.416 e. The second kappa shape index (κ2) is 10.2. The zero-order valence-electron chi connectivity index (χ0n) is 23.4. The molecule has 2 aliphatic heterocycles. The Hall–Kier alpha value is -3.27. The Morgan fingerprint density at radius 1 is 0.951 bits per heavy atom. The first kappa shape index (κ1) is 29.2. The lowest BCUT2D eigenvalue weighted by molar-refractivity contribution is -0.150. The van der Waals surface area contributed by atoms with Crippen LogP contribution >= 0.6 is 0 Å². The number of nitrogens with zero attached hydrogens (tertiary/aromatic N) is 1. The lowest BCUT2D eigenvalue weighted by Gasteiger charge is -2.41. The van der Waals surface area contributed by atoms with Crippen molar-refractivity contribution in [1.29, 1.82) is 0 Å². The fourth-order valence-corrected chi connectivity index (χ4v) is 7.19. The monoisotopic (exact) mass is 574 g/mol. The predicted octanol–water partition coefficient (Wildman–Crippen LogP) is 5.44. The van der Waals surface area contributed by atoms with E-state index in [-0.39, 0.29) is 16.5 Å². The van der Waals surface area contributed by atoms with Crippen LogP contribution in [0.3, 0.4) is 0 Å². The molecule has 2 saturated heterocycles. The summed E-state index contributed by atoms with van der Waals surface area (Å²) in [6.45, 7) is 6.47. The van der Waals surface area contributed by atoms with Gasteiger partial charge in [0.1, 0.15) is 11.9 Å². The van der Waals surface area contributed by atoms with Crippen molar-refractivity contribution in [3.8, 4) is 0 Å². The average Bonchev–Trinajstić information content (AvgIpc) is 3.41. The van der Waals surface area contributed by atoms with Crippen molar-refractivity contribution in [3.05, 3.63) is 71.0 Å². The van der Waals surface area contributed by atoms with Crippen molar-refractivity contribution in [2.75, 3.05) is 7.11 Å². The number of amides is 2. The number of carbonyl (C=O) groups excluding carboxylic acids is 3. The minimum absolute atomic E-state index is 0.00114. The predicted molar refractivity (Wildman–Crippen MR) is 142 cm³/mol. The Labute approximate surface area is 236 Å². The van der Waals surface area contributed by atoms with Crippen molar-refractivity contribution >= 4 is 17.8 Å². The lowest BCUT2D eigenvalue weighted by atomic mass is 9.71. The first-order chi connectivity index (χ1) is 19.2. The van der Waals surface area contributed by atoms with Crippen molar-refractivity contribution in [2.45, 2.75) is 70.3 Å². The number of nitrogens with one attached hydrogen (secondary N) is 1. The fourth-order valence-electron chi connectivity index (χ4n) is 7.19. The molecular weight excluding hydrogens is 540 g/mol. The lowest BCUT2D eigenvalue weighted by Crippen LogP contribution is -2.53. The van der Waals surface area contributed by atoms with Gasteiger partial charge in [-0.05, 0) is 72.4 Å². The van der Waals surface area contributed by atoms with E-state index in [4.69, 9.17) is 4.74 Å². The molecule has 1 saturated carbocycles. The van der Waals surface area contributed by atoms with Crippen molar-refractivity contribution < 1.29 is 36.7 Å². The zero-order valence-corrected chi connectivity index (χ0v) is 23.4. The van der Waals surface area contributed by atoms with Crippen LogP contribution in [0.5, 0.6) is 0 Å². The standard InChI is InChI=1S/C31H34F4N2O4/c1-29(2,3)17-11-13-22(14-12-17)37-26(38)23-24(27(37)39)30(36-25(23)28(40)41-4,19-8-6-10-21(32)16-19)18-7-5-9-20(15-18)31(33,34)35/h5-10,15-17,22-25,36H,11-14H2,1-4H3/t17?,22?,23-,24+,25+,30-/m0/s1. The molecular formula is C31H34F4N2O4. The van der Waals surface area contributed by atoms with Gasteiger partial charge in [0, 0.05) is 6.04 Å². The van der Waals surface area contributed by atoms with Gasteiger partial charge >= 0.3 is 12.1 Å². The van der Waals surface area contributed by atoms with Crippen molar-refractivity contribution in [3.63, 3.8) is 0 Å². The zero-order chi connectivity index (χ0) is 29.9. The van der Waals surface area contributed by atoms with Crippen molar-refractivity contribution in [1.82, 2.24) is 10.2 Å².